The van der Waals surface area contributed by atoms with Crippen molar-refractivity contribution in [3.05, 3.63) is 23.0 Å². The summed E-state index contributed by atoms with van der Waals surface area (Å²) >= 11 is 0. The Morgan fingerprint density at radius 3 is 2.20 bits per heavy atom. The van der Waals surface area contributed by atoms with Gasteiger partial charge in [-0.3, -0.25) is 14.4 Å². The normalized spacial score (nSPS) is 21.8. The predicted molar refractivity (Wildman–Crippen MR) is 117 cm³/mol. The molecule has 3 aliphatic carbocycles. The van der Waals surface area contributed by atoms with Crippen LogP contribution in [0.1, 0.15) is 84.5 Å². The van der Waals surface area contributed by atoms with Crippen LogP contribution in [0.2, 0.25) is 0 Å². The molecule has 0 aromatic heterocycles. The molecule has 0 saturated heterocycles. The number of carbonyl (C=O) groups is 3. The number of amides is 1. The molecule has 1 amide bonds. The first-order valence-corrected chi connectivity index (χ1v) is 11.8. The summed E-state index contributed by atoms with van der Waals surface area (Å²) in [5.74, 6) is 0.254. The highest BCUT2D eigenvalue weighted by Gasteiger charge is 2.35. The SMILES string of the molecule is COC1=C(C(C)C)C(=O)C=C(CN(C(=O)CC2CCCCC2)C2CCCCC2)C1=O. The molecule has 2 saturated carbocycles. The molecule has 0 aliphatic heterocycles. The summed E-state index contributed by atoms with van der Waals surface area (Å²) < 4.78 is 5.35. The van der Waals surface area contributed by atoms with E-state index in [0.29, 0.717) is 23.5 Å². The van der Waals surface area contributed by atoms with Gasteiger partial charge in [0.2, 0.25) is 11.7 Å². The molecule has 0 bridgehead atoms. The van der Waals surface area contributed by atoms with Crippen molar-refractivity contribution in [3.8, 4) is 0 Å². The first-order valence-electron chi connectivity index (χ1n) is 11.8. The number of hydrogen-bond donors (Lipinski definition) is 0. The number of Topliss-reactive ketones (excluding diaryl/α,β-unsaturated/α-hetero) is 1. The van der Waals surface area contributed by atoms with Gasteiger partial charge in [-0.15, -0.1) is 0 Å². The van der Waals surface area contributed by atoms with Gasteiger partial charge in [-0.1, -0.05) is 52.4 Å². The van der Waals surface area contributed by atoms with E-state index in [9.17, 15) is 14.4 Å². The standard InChI is InChI=1S/C25H37NO4/c1-17(2)23-21(27)15-19(24(29)25(23)30-3)16-26(20-12-8-5-9-13-20)22(28)14-18-10-6-4-7-11-18/h15,17-18,20H,4-14,16H2,1-3H3. The fraction of sp³-hybridized carbons (Fsp3) is 0.720. The topological polar surface area (TPSA) is 63.7 Å². The summed E-state index contributed by atoms with van der Waals surface area (Å²) in [6.45, 7) is 4.00. The van der Waals surface area contributed by atoms with Crippen molar-refractivity contribution in [2.24, 2.45) is 11.8 Å². The third-order valence-electron chi connectivity index (χ3n) is 6.96. The minimum atomic E-state index is -0.243. The lowest BCUT2D eigenvalue weighted by atomic mass is 9.85. The summed E-state index contributed by atoms with van der Waals surface area (Å²) in [5, 5.41) is 0. The van der Waals surface area contributed by atoms with Gasteiger partial charge in [0.05, 0.1) is 13.7 Å². The van der Waals surface area contributed by atoms with Crippen LogP contribution in [0.15, 0.2) is 23.0 Å². The van der Waals surface area contributed by atoms with E-state index in [1.54, 1.807) is 0 Å². The highest BCUT2D eigenvalue weighted by Crippen LogP contribution is 2.31. The summed E-state index contributed by atoms with van der Waals surface area (Å²) in [7, 11) is 1.44. The first kappa shape index (κ1) is 22.8. The molecule has 5 heteroatoms. The van der Waals surface area contributed by atoms with Crippen LogP contribution in [0, 0.1) is 11.8 Å². The smallest absolute Gasteiger partial charge is 0.225 e. The maximum atomic E-state index is 13.4. The maximum Gasteiger partial charge on any atom is 0.225 e. The molecular formula is C25H37NO4. The summed E-state index contributed by atoms with van der Waals surface area (Å²) in [4.78, 5) is 41.1. The Morgan fingerprint density at radius 1 is 1.03 bits per heavy atom. The molecule has 0 aromatic carbocycles. The molecule has 3 rings (SSSR count). The number of nitrogens with zero attached hydrogens (tertiary/aromatic N) is 1. The van der Waals surface area contributed by atoms with Crippen LogP contribution in [-0.2, 0) is 19.1 Å². The molecule has 166 valence electrons. The quantitative estimate of drug-likeness (QED) is 0.563. The Kier molecular flexibility index (Phi) is 7.90. The van der Waals surface area contributed by atoms with Crippen molar-refractivity contribution in [1.29, 1.82) is 0 Å². The lowest BCUT2D eigenvalue weighted by Crippen LogP contribution is -2.44. The number of methoxy groups -OCH3 is 1. The lowest BCUT2D eigenvalue weighted by molar-refractivity contribution is -0.135. The summed E-state index contributed by atoms with van der Waals surface area (Å²) in [6.07, 6.45) is 13.3. The number of allylic oxidation sites excluding steroid dienone is 3. The van der Waals surface area contributed by atoms with E-state index in [-0.39, 0.29) is 41.7 Å². The Balaban J connectivity index is 1.80. The van der Waals surface area contributed by atoms with Gasteiger partial charge in [0.25, 0.3) is 0 Å². The molecule has 0 radical (unpaired) electrons. The van der Waals surface area contributed by atoms with E-state index < -0.39 is 0 Å². The van der Waals surface area contributed by atoms with Crippen molar-refractivity contribution in [2.45, 2.75) is 90.5 Å². The van der Waals surface area contributed by atoms with Crippen molar-refractivity contribution in [1.82, 2.24) is 4.90 Å². The molecule has 0 N–H and O–H groups in total. The van der Waals surface area contributed by atoms with Gasteiger partial charge < -0.3 is 9.64 Å². The number of ether oxygens (including phenoxy) is 1. The van der Waals surface area contributed by atoms with Crippen LogP contribution >= 0.6 is 0 Å². The molecule has 0 unspecified atom stereocenters. The number of hydrogen-bond acceptors (Lipinski definition) is 4. The zero-order chi connectivity index (χ0) is 21.7. The van der Waals surface area contributed by atoms with E-state index in [1.807, 2.05) is 18.7 Å². The summed E-state index contributed by atoms with van der Waals surface area (Å²) in [6, 6.07) is 0.167. The van der Waals surface area contributed by atoms with E-state index in [4.69, 9.17) is 4.74 Å². The highest BCUT2D eigenvalue weighted by atomic mass is 16.5. The fourth-order valence-corrected chi connectivity index (χ4v) is 5.30. The van der Waals surface area contributed by atoms with Crippen LogP contribution in [0.3, 0.4) is 0 Å². The summed E-state index contributed by atoms with van der Waals surface area (Å²) in [5.41, 5.74) is 0.827. The molecule has 3 aliphatic rings. The second-order valence-electron chi connectivity index (χ2n) is 9.49. The average molecular weight is 416 g/mol. The lowest BCUT2D eigenvalue weighted by Gasteiger charge is -2.36. The van der Waals surface area contributed by atoms with E-state index in [1.165, 1.54) is 38.9 Å². The Labute approximate surface area is 180 Å². The van der Waals surface area contributed by atoms with E-state index in [0.717, 1.165) is 38.5 Å². The van der Waals surface area contributed by atoms with Gasteiger partial charge in [0.15, 0.2) is 11.5 Å². The number of ketones is 2. The van der Waals surface area contributed by atoms with Crippen LogP contribution in [0.25, 0.3) is 0 Å². The first-order chi connectivity index (χ1) is 14.4. The largest absolute Gasteiger partial charge is 0.492 e. The van der Waals surface area contributed by atoms with Crippen LogP contribution in [0.4, 0.5) is 0 Å². The highest BCUT2D eigenvalue weighted by molar-refractivity contribution is 6.22. The Morgan fingerprint density at radius 2 is 1.63 bits per heavy atom. The van der Waals surface area contributed by atoms with Crippen LogP contribution in [-0.4, -0.2) is 42.1 Å². The van der Waals surface area contributed by atoms with Gasteiger partial charge >= 0.3 is 0 Å². The van der Waals surface area contributed by atoms with Crippen molar-refractivity contribution in [3.63, 3.8) is 0 Å². The third kappa shape index (κ3) is 5.22. The number of carbonyl (C=O) groups excluding carboxylic acids is 3. The molecular weight excluding hydrogens is 378 g/mol. The molecule has 0 spiro atoms. The van der Waals surface area contributed by atoms with Crippen molar-refractivity contribution < 1.29 is 19.1 Å². The van der Waals surface area contributed by atoms with E-state index in [2.05, 4.69) is 0 Å². The van der Waals surface area contributed by atoms with Gasteiger partial charge in [0, 0.05) is 23.6 Å². The second-order valence-corrected chi connectivity index (χ2v) is 9.49. The molecule has 5 nitrogen and oxygen atoms in total. The monoisotopic (exact) mass is 415 g/mol. The molecule has 0 heterocycles. The minimum absolute atomic E-state index is 0.0865. The Hall–Kier alpha value is -1.91. The zero-order valence-corrected chi connectivity index (χ0v) is 18.9. The van der Waals surface area contributed by atoms with Gasteiger partial charge in [0.1, 0.15) is 0 Å². The van der Waals surface area contributed by atoms with Crippen LogP contribution < -0.4 is 0 Å². The molecule has 0 aromatic rings. The second kappa shape index (κ2) is 10.4. The van der Waals surface area contributed by atoms with Crippen molar-refractivity contribution >= 4 is 17.5 Å². The van der Waals surface area contributed by atoms with E-state index >= 15 is 0 Å². The predicted octanol–water partition coefficient (Wildman–Crippen LogP) is 4.75. The molecule has 0 atom stereocenters. The maximum absolute atomic E-state index is 13.4. The molecule has 2 fully saturated rings. The van der Waals surface area contributed by atoms with Crippen LogP contribution in [0.5, 0.6) is 0 Å². The average Bonchev–Trinajstić information content (AvgIpc) is 2.74. The van der Waals surface area contributed by atoms with Gasteiger partial charge in [-0.2, -0.15) is 0 Å². The van der Waals surface area contributed by atoms with Crippen molar-refractivity contribution in [2.75, 3.05) is 13.7 Å². The fourth-order valence-electron chi connectivity index (χ4n) is 5.30. The molecule has 30 heavy (non-hydrogen) atoms. The third-order valence-corrected chi connectivity index (χ3v) is 6.96. The Bertz CT molecular complexity index is 721. The minimum Gasteiger partial charge on any atom is -0.492 e. The van der Waals surface area contributed by atoms with Gasteiger partial charge in [-0.25, -0.2) is 0 Å². The van der Waals surface area contributed by atoms with Gasteiger partial charge in [-0.05, 0) is 43.6 Å². The number of rotatable bonds is 7. The zero-order valence-electron chi connectivity index (χ0n) is 18.9.